The summed E-state index contributed by atoms with van der Waals surface area (Å²) in [5.41, 5.74) is 8.82. The van der Waals surface area contributed by atoms with E-state index in [2.05, 4.69) is 0 Å². The summed E-state index contributed by atoms with van der Waals surface area (Å²) < 4.78 is 48.8. The highest BCUT2D eigenvalue weighted by Gasteiger charge is 2.27. The highest BCUT2D eigenvalue weighted by Crippen LogP contribution is 2.28. The van der Waals surface area contributed by atoms with Crippen LogP contribution in [0.3, 0.4) is 0 Å². The molecule has 0 aliphatic rings. The van der Waals surface area contributed by atoms with Gasteiger partial charge in [0.2, 0.25) is 0 Å². The van der Waals surface area contributed by atoms with Crippen LogP contribution in [0.15, 0.2) is 47.3 Å². The van der Waals surface area contributed by atoms with Gasteiger partial charge >= 0.3 is 5.97 Å². The average molecular weight is 503 g/mol. The Morgan fingerprint density at radius 1 is 1.06 bits per heavy atom. The third-order valence-electron chi connectivity index (χ3n) is 5.60. The van der Waals surface area contributed by atoms with Crippen molar-refractivity contribution in [2.24, 2.45) is 5.73 Å². The monoisotopic (exact) mass is 503 g/mol. The van der Waals surface area contributed by atoms with Crippen LogP contribution in [0.2, 0.25) is 0 Å². The molecule has 0 radical (unpaired) electrons. The molecule has 1 heterocycles. The fraction of sp³-hybridized carbons (Fsp3) is 0.240. The zero-order chi connectivity index (χ0) is 26.8. The Kier molecular flexibility index (Phi) is 7.54. The van der Waals surface area contributed by atoms with Crippen LogP contribution in [0, 0.1) is 24.4 Å². The van der Waals surface area contributed by atoms with E-state index in [0.717, 1.165) is 34.9 Å². The summed E-state index contributed by atoms with van der Waals surface area (Å²) in [7, 11) is 0. The number of ether oxygens (including phenoxy) is 1. The van der Waals surface area contributed by atoms with Gasteiger partial charge in [-0.3, -0.25) is 19.0 Å². The second-order valence-corrected chi connectivity index (χ2v) is 8.50. The van der Waals surface area contributed by atoms with E-state index in [-0.39, 0.29) is 42.0 Å². The van der Waals surface area contributed by atoms with Gasteiger partial charge in [-0.15, -0.1) is 0 Å². The SMILES string of the molecule is Cc1cc(OCCCC(C)(N)C(=O)O)cc(F)c1-n1c(N)c(C(=O)c2ccc(F)cc2F)ccc1=O. The van der Waals surface area contributed by atoms with Crippen molar-refractivity contribution in [3.8, 4) is 11.4 Å². The van der Waals surface area contributed by atoms with Gasteiger partial charge in [0, 0.05) is 18.2 Å². The van der Waals surface area contributed by atoms with Gasteiger partial charge in [-0.25, -0.2) is 13.2 Å². The van der Waals surface area contributed by atoms with Crippen molar-refractivity contribution in [2.45, 2.75) is 32.2 Å². The van der Waals surface area contributed by atoms with Crippen LogP contribution in [-0.4, -0.2) is 33.6 Å². The molecule has 3 rings (SSSR count). The molecule has 190 valence electrons. The number of hydrogen-bond acceptors (Lipinski definition) is 6. The number of pyridine rings is 1. The van der Waals surface area contributed by atoms with Crippen molar-refractivity contribution in [3.05, 3.63) is 87.0 Å². The molecule has 1 aromatic heterocycles. The zero-order valence-corrected chi connectivity index (χ0v) is 19.5. The Morgan fingerprint density at radius 2 is 1.72 bits per heavy atom. The topological polar surface area (TPSA) is 138 Å². The summed E-state index contributed by atoms with van der Waals surface area (Å²) in [6.45, 7) is 2.93. The number of nitrogens with zero attached hydrogens (tertiary/aromatic N) is 1. The fourth-order valence-electron chi connectivity index (χ4n) is 3.60. The van der Waals surface area contributed by atoms with Gasteiger partial charge in [0.25, 0.3) is 5.56 Å². The fourth-order valence-corrected chi connectivity index (χ4v) is 3.60. The summed E-state index contributed by atoms with van der Waals surface area (Å²) >= 11 is 0. The van der Waals surface area contributed by atoms with Gasteiger partial charge < -0.3 is 21.3 Å². The first kappa shape index (κ1) is 26.5. The van der Waals surface area contributed by atoms with Crippen LogP contribution in [0.4, 0.5) is 19.0 Å². The molecule has 1 unspecified atom stereocenters. The summed E-state index contributed by atoms with van der Waals surface area (Å²) in [6.07, 6.45) is 0.418. The van der Waals surface area contributed by atoms with Gasteiger partial charge in [0.05, 0.1) is 23.4 Å². The third kappa shape index (κ3) is 5.41. The maximum absolute atomic E-state index is 15.1. The van der Waals surface area contributed by atoms with Crippen molar-refractivity contribution >= 4 is 17.6 Å². The Hall–Kier alpha value is -4.12. The maximum atomic E-state index is 15.1. The smallest absolute Gasteiger partial charge is 0.323 e. The molecule has 0 aliphatic heterocycles. The lowest BCUT2D eigenvalue weighted by atomic mass is 9.98. The minimum Gasteiger partial charge on any atom is -0.493 e. The number of halogens is 3. The predicted molar refractivity (Wildman–Crippen MR) is 126 cm³/mol. The van der Waals surface area contributed by atoms with Gasteiger partial charge in [0.1, 0.15) is 28.7 Å². The summed E-state index contributed by atoms with van der Waals surface area (Å²) in [6, 6.07) is 6.92. The molecule has 36 heavy (non-hydrogen) atoms. The number of hydrogen-bond donors (Lipinski definition) is 3. The minimum atomic E-state index is -1.42. The molecule has 0 bridgehead atoms. The number of benzene rings is 2. The Bertz CT molecular complexity index is 1380. The van der Waals surface area contributed by atoms with Gasteiger partial charge in [0.15, 0.2) is 11.6 Å². The standard InChI is InChI=1S/C25H24F3N3O5/c1-13-10-15(36-9-3-8-25(2,30)24(34)35)12-19(28)21(13)31-20(32)7-6-17(23(31)29)22(33)16-5-4-14(26)11-18(16)27/h4-7,10-12H,3,8-9,29-30H2,1-2H3,(H,34,35). The second kappa shape index (κ2) is 10.2. The Morgan fingerprint density at radius 3 is 2.33 bits per heavy atom. The number of aliphatic carboxylic acids is 1. The van der Waals surface area contributed by atoms with Crippen molar-refractivity contribution in [1.82, 2.24) is 4.57 Å². The number of anilines is 1. The van der Waals surface area contributed by atoms with Gasteiger partial charge in [-0.2, -0.15) is 0 Å². The van der Waals surface area contributed by atoms with Crippen LogP contribution in [0.1, 0.15) is 41.3 Å². The first-order chi connectivity index (χ1) is 16.8. The number of aryl methyl sites for hydroxylation is 1. The number of carboxylic acid groups (broad SMARTS) is 1. The molecule has 2 aromatic carbocycles. The van der Waals surface area contributed by atoms with Crippen molar-refractivity contribution in [1.29, 1.82) is 0 Å². The largest absolute Gasteiger partial charge is 0.493 e. The molecule has 11 heteroatoms. The lowest BCUT2D eigenvalue weighted by molar-refractivity contribution is -0.143. The number of carbonyl (C=O) groups excluding carboxylic acids is 1. The van der Waals surface area contributed by atoms with E-state index >= 15 is 4.39 Å². The Labute approximate surface area is 203 Å². The molecule has 5 N–H and O–H groups in total. The van der Waals surface area contributed by atoms with E-state index < -0.39 is 51.7 Å². The molecular weight excluding hydrogens is 479 g/mol. The van der Waals surface area contributed by atoms with Crippen LogP contribution in [-0.2, 0) is 4.79 Å². The van der Waals surface area contributed by atoms with Gasteiger partial charge in [-0.05, 0) is 56.5 Å². The highest BCUT2D eigenvalue weighted by molar-refractivity contribution is 6.11. The lowest BCUT2D eigenvalue weighted by Crippen LogP contribution is -2.44. The number of carboxylic acids is 1. The maximum Gasteiger partial charge on any atom is 0.323 e. The summed E-state index contributed by atoms with van der Waals surface area (Å²) in [4.78, 5) is 36.5. The van der Waals surface area contributed by atoms with E-state index in [4.69, 9.17) is 21.3 Å². The Balaban J connectivity index is 1.92. The van der Waals surface area contributed by atoms with E-state index in [1.165, 1.54) is 19.9 Å². The molecular formula is C25H24F3N3O5. The van der Waals surface area contributed by atoms with Crippen molar-refractivity contribution in [3.63, 3.8) is 0 Å². The molecule has 3 aromatic rings. The number of carbonyl (C=O) groups is 2. The number of ketones is 1. The quantitative estimate of drug-likeness (QED) is 0.301. The predicted octanol–water partition coefficient (Wildman–Crippen LogP) is 3.34. The van der Waals surface area contributed by atoms with E-state index in [1.54, 1.807) is 0 Å². The number of rotatable bonds is 9. The number of nitrogens with two attached hydrogens (primary N) is 2. The summed E-state index contributed by atoms with van der Waals surface area (Å²) in [5.74, 6) is -5.24. The normalized spacial score (nSPS) is 12.7. The van der Waals surface area contributed by atoms with Crippen LogP contribution >= 0.6 is 0 Å². The molecule has 0 fully saturated rings. The minimum absolute atomic E-state index is 0.0631. The first-order valence-corrected chi connectivity index (χ1v) is 10.8. The first-order valence-electron chi connectivity index (χ1n) is 10.8. The number of aromatic nitrogens is 1. The van der Waals surface area contributed by atoms with Crippen molar-refractivity contribution in [2.75, 3.05) is 12.3 Å². The lowest BCUT2D eigenvalue weighted by Gasteiger charge is -2.19. The third-order valence-corrected chi connectivity index (χ3v) is 5.60. The molecule has 0 saturated carbocycles. The molecule has 1 atom stereocenters. The van der Waals surface area contributed by atoms with Crippen molar-refractivity contribution < 1.29 is 32.6 Å². The molecule has 0 saturated heterocycles. The van der Waals surface area contributed by atoms with E-state index in [9.17, 15) is 23.2 Å². The zero-order valence-electron chi connectivity index (χ0n) is 19.5. The molecule has 0 aliphatic carbocycles. The van der Waals surface area contributed by atoms with Crippen LogP contribution in [0.5, 0.6) is 5.75 Å². The average Bonchev–Trinajstić information content (AvgIpc) is 2.78. The van der Waals surface area contributed by atoms with Crippen LogP contribution < -0.4 is 21.8 Å². The molecule has 8 nitrogen and oxygen atoms in total. The number of nitrogen functional groups attached to an aromatic ring is 1. The summed E-state index contributed by atoms with van der Waals surface area (Å²) in [5, 5.41) is 9.05. The van der Waals surface area contributed by atoms with Crippen LogP contribution in [0.25, 0.3) is 5.69 Å². The highest BCUT2D eigenvalue weighted by atomic mass is 19.1. The molecule has 0 amide bonds. The van der Waals surface area contributed by atoms with E-state index in [0.29, 0.717) is 6.07 Å². The van der Waals surface area contributed by atoms with Gasteiger partial charge in [-0.1, -0.05) is 0 Å². The van der Waals surface area contributed by atoms with E-state index in [1.807, 2.05) is 0 Å². The molecule has 0 spiro atoms. The second-order valence-electron chi connectivity index (χ2n) is 8.50.